The zero-order valence-corrected chi connectivity index (χ0v) is 34.1. The number of fused-ring (bicyclic) bond motifs is 1. The van der Waals surface area contributed by atoms with Crippen LogP contribution in [0.25, 0.3) is 10.8 Å². The van der Waals surface area contributed by atoms with Gasteiger partial charge in [-0.1, -0.05) is 45.0 Å². The molecule has 5 aromatic rings. The number of aromatic nitrogens is 1. The van der Waals surface area contributed by atoms with E-state index >= 15 is 0 Å². The van der Waals surface area contributed by atoms with Crippen LogP contribution in [0.3, 0.4) is 0 Å². The molecule has 4 aromatic carbocycles. The van der Waals surface area contributed by atoms with Crippen LogP contribution in [0.2, 0.25) is 0 Å². The van der Waals surface area contributed by atoms with Crippen molar-refractivity contribution in [1.29, 1.82) is 0 Å². The predicted octanol–water partition coefficient (Wildman–Crippen LogP) is 7.62. The lowest BCUT2D eigenvalue weighted by molar-refractivity contribution is -0.137. The van der Waals surface area contributed by atoms with Crippen molar-refractivity contribution in [2.24, 2.45) is 0 Å². The fourth-order valence-electron chi connectivity index (χ4n) is 5.97. The van der Waals surface area contributed by atoms with Crippen molar-refractivity contribution in [3.05, 3.63) is 96.2 Å². The van der Waals surface area contributed by atoms with E-state index in [9.17, 15) is 18.6 Å². The van der Waals surface area contributed by atoms with Gasteiger partial charge in [-0.15, -0.1) is 0 Å². The number of pyridine rings is 1. The van der Waals surface area contributed by atoms with Gasteiger partial charge in [0.05, 0.1) is 36.8 Å². The van der Waals surface area contributed by atoms with Gasteiger partial charge in [0.2, 0.25) is 0 Å². The maximum absolute atomic E-state index is 13.5. The van der Waals surface area contributed by atoms with Crippen molar-refractivity contribution in [3.8, 4) is 23.0 Å². The van der Waals surface area contributed by atoms with E-state index in [2.05, 4.69) is 36.3 Å². The number of carbonyl (C=O) groups is 3. The summed E-state index contributed by atoms with van der Waals surface area (Å²) in [5.74, 6) is 1.12. The van der Waals surface area contributed by atoms with Crippen molar-refractivity contribution in [2.75, 3.05) is 60.8 Å². The molecule has 306 valence electrons. The van der Waals surface area contributed by atoms with Crippen molar-refractivity contribution in [3.63, 3.8) is 0 Å². The Balaban J connectivity index is 1.27. The topological polar surface area (TPSA) is 201 Å². The minimum absolute atomic E-state index is 0.0913. The van der Waals surface area contributed by atoms with Gasteiger partial charge in [-0.3, -0.25) is 9.59 Å². The molecule has 3 amide bonds. The Hall–Kier alpha value is -6.39. The first-order valence-corrected chi connectivity index (χ1v) is 20.0. The number of carbonyl (C=O) groups excluding carboxylic acids is 2. The number of aliphatic carboxylic acids is 1. The Labute approximate surface area is 339 Å². The number of nitrogens with one attached hydrogen (secondary N) is 6. The summed E-state index contributed by atoms with van der Waals surface area (Å²) >= 11 is 0. The number of hydrogen-bond donors (Lipinski definition) is 7. The maximum Gasteiger partial charge on any atom is 0.323 e. The standard InChI is InChI=1S/C42H49N7O8S/c1-42(2,3)26-22-33(39(56-5)34(23-26)49-58(6)54)48-41(53)47-32-15-16-35(30-11-8-7-10-29(30)32)57-28-17-19-44-37(25-28)46-27-13-14-31(36(24-27)55-4)40(52)45-21-20-43-18-9-12-38(50)51/h7-8,10-11,13-17,19,22-25,43,49H,9,12,18,20-21H2,1-6H3,(H,44,46)(H,45,52)(H,50,51)(H2,47,48,53). The van der Waals surface area contributed by atoms with Crippen LogP contribution in [0.15, 0.2) is 85.1 Å². The molecule has 0 saturated heterocycles. The van der Waals surface area contributed by atoms with E-state index in [1.807, 2.05) is 57.2 Å². The molecule has 1 atom stereocenters. The Morgan fingerprint density at radius 2 is 1.55 bits per heavy atom. The Bertz CT molecular complexity index is 2300. The van der Waals surface area contributed by atoms with E-state index in [0.717, 1.165) is 16.3 Å². The molecule has 1 aromatic heterocycles. The first-order chi connectivity index (χ1) is 27.7. The summed E-state index contributed by atoms with van der Waals surface area (Å²) < 4.78 is 32.5. The van der Waals surface area contributed by atoms with Crippen LogP contribution in [-0.4, -0.2) is 72.3 Å². The quantitative estimate of drug-likeness (QED) is 0.0429. The number of urea groups is 1. The molecule has 15 nitrogen and oxygen atoms in total. The highest BCUT2D eigenvalue weighted by Crippen LogP contribution is 2.40. The highest BCUT2D eigenvalue weighted by molar-refractivity contribution is 7.85. The fourth-order valence-corrected chi connectivity index (χ4v) is 6.44. The molecule has 0 aliphatic heterocycles. The smallest absolute Gasteiger partial charge is 0.323 e. The molecule has 0 spiro atoms. The van der Waals surface area contributed by atoms with Gasteiger partial charge in [0, 0.05) is 60.6 Å². The summed E-state index contributed by atoms with van der Waals surface area (Å²) in [7, 11) is 1.60. The van der Waals surface area contributed by atoms with E-state index < -0.39 is 23.0 Å². The Morgan fingerprint density at radius 1 is 0.810 bits per heavy atom. The molecular weight excluding hydrogens is 763 g/mol. The zero-order chi connectivity index (χ0) is 41.8. The van der Waals surface area contributed by atoms with Gasteiger partial charge in [-0.05, 0) is 66.4 Å². The molecule has 1 heterocycles. The Kier molecular flexibility index (Phi) is 14.5. The maximum atomic E-state index is 13.5. The Morgan fingerprint density at radius 3 is 2.26 bits per heavy atom. The molecule has 0 radical (unpaired) electrons. The van der Waals surface area contributed by atoms with Crippen molar-refractivity contribution in [1.82, 2.24) is 15.6 Å². The lowest BCUT2D eigenvalue weighted by atomic mass is 9.86. The third-order valence-electron chi connectivity index (χ3n) is 8.80. The number of carboxylic acid groups (broad SMARTS) is 1. The average Bonchev–Trinajstić information content (AvgIpc) is 3.17. The first-order valence-electron chi connectivity index (χ1n) is 18.5. The normalized spacial score (nSPS) is 11.6. The molecule has 58 heavy (non-hydrogen) atoms. The minimum Gasteiger partial charge on any atom is -0.496 e. The molecule has 0 saturated carbocycles. The third kappa shape index (κ3) is 11.6. The van der Waals surface area contributed by atoms with Crippen molar-refractivity contribution < 1.29 is 37.9 Å². The lowest BCUT2D eigenvalue weighted by Gasteiger charge is -2.24. The molecular formula is C42H49N7O8S. The molecule has 1 unspecified atom stereocenters. The summed E-state index contributed by atoms with van der Waals surface area (Å²) in [6.45, 7) is 7.54. The second-order valence-electron chi connectivity index (χ2n) is 14.2. The second kappa shape index (κ2) is 19.7. The van der Waals surface area contributed by atoms with Gasteiger partial charge >= 0.3 is 12.0 Å². The van der Waals surface area contributed by atoms with Gasteiger partial charge < -0.3 is 50.6 Å². The van der Waals surface area contributed by atoms with Crippen LogP contribution in [-0.2, 0) is 21.2 Å². The molecule has 0 fully saturated rings. The van der Waals surface area contributed by atoms with E-state index in [4.69, 9.17) is 19.3 Å². The SMILES string of the molecule is COc1cc(Nc2cc(Oc3ccc(NC(=O)Nc4cc(C(C)(C)C)cc(NS(C)=O)c4OC)c4ccccc34)ccn2)ccc1C(=O)NCCNCCCC(=O)O. The molecule has 0 aliphatic rings. The third-order valence-corrected chi connectivity index (χ3v) is 9.31. The number of amides is 3. The largest absolute Gasteiger partial charge is 0.496 e. The summed E-state index contributed by atoms with van der Waals surface area (Å²) in [4.78, 5) is 41.4. The van der Waals surface area contributed by atoms with Gasteiger partial charge in [0.1, 0.15) is 34.1 Å². The van der Waals surface area contributed by atoms with E-state index in [1.165, 1.54) is 20.5 Å². The predicted molar refractivity (Wildman–Crippen MR) is 229 cm³/mol. The number of ether oxygens (including phenoxy) is 3. The second-order valence-corrected chi connectivity index (χ2v) is 15.3. The molecule has 7 N–H and O–H groups in total. The summed E-state index contributed by atoms with van der Waals surface area (Å²) in [6.07, 6.45) is 3.73. The summed E-state index contributed by atoms with van der Waals surface area (Å²) in [6, 6.07) is 22.8. The van der Waals surface area contributed by atoms with Crippen LogP contribution in [0.4, 0.5) is 33.4 Å². The van der Waals surface area contributed by atoms with Crippen molar-refractivity contribution in [2.45, 2.75) is 39.0 Å². The first kappa shape index (κ1) is 42.7. The van der Waals surface area contributed by atoms with Crippen LogP contribution in [0.1, 0.15) is 49.5 Å². The van der Waals surface area contributed by atoms with Crippen LogP contribution in [0, 0.1) is 0 Å². The van der Waals surface area contributed by atoms with Crippen molar-refractivity contribution >= 4 is 68.2 Å². The molecule has 5 rings (SSSR count). The molecule has 0 bridgehead atoms. The van der Waals surface area contributed by atoms with E-state index in [1.54, 1.807) is 48.7 Å². The zero-order valence-electron chi connectivity index (χ0n) is 33.3. The number of carboxylic acids is 1. The highest BCUT2D eigenvalue weighted by atomic mass is 32.2. The highest BCUT2D eigenvalue weighted by Gasteiger charge is 2.22. The van der Waals surface area contributed by atoms with Gasteiger partial charge in [0.15, 0.2) is 5.75 Å². The lowest BCUT2D eigenvalue weighted by Crippen LogP contribution is -2.32. The minimum atomic E-state index is -1.37. The number of methoxy groups -OCH3 is 2. The summed E-state index contributed by atoms with van der Waals surface area (Å²) in [5.41, 5.74) is 3.09. The molecule has 0 aliphatic carbocycles. The molecule has 16 heteroatoms. The number of anilines is 5. The number of hydrogen-bond acceptors (Lipinski definition) is 10. The fraction of sp³-hybridized carbons (Fsp3) is 0.286. The van der Waals surface area contributed by atoms with Gasteiger partial charge in [-0.25, -0.2) is 14.0 Å². The monoisotopic (exact) mass is 811 g/mol. The summed E-state index contributed by atoms with van der Waals surface area (Å²) in [5, 5.41) is 25.3. The number of nitrogens with zero attached hydrogens (tertiary/aromatic N) is 1. The van der Waals surface area contributed by atoms with E-state index in [0.29, 0.717) is 83.2 Å². The average molecular weight is 812 g/mol. The van der Waals surface area contributed by atoms with Crippen LogP contribution < -0.4 is 45.5 Å². The number of rotatable bonds is 18. The van der Waals surface area contributed by atoms with E-state index in [-0.39, 0.29) is 17.7 Å². The van der Waals surface area contributed by atoms with Crippen LogP contribution in [0.5, 0.6) is 23.0 Å². The van der Waals surface area contributed by atoms with Gasteiger partial charge in [0.25, 0.3) is 5.91 Å². The van der Waals surface area contributed by atoms with Gasteiger partial charge in [-0.2, -0.15) is 0 Å². The number of benzene rings is 4. The van der Waals surface area contributed by atoms with Crippen LogP contribution >= 0.6 is 0 Å².